The number of aromatic nitrogens is 2. The Labute approximate surface area is 148 Å². The normalized spacial score (nSPS) is 13.4. The van der Waals surface area contributed by atoms with E-state index in [4.69, 9.17) is 11.6 Å². The number of rotatable bonds is 7. The third-order valence-electron chi connectivity index (χ3n) is 3.91. The zero-order chi connectivity index (χ0) is 17.9. The van der Waals surface area contributed by atoms with E-state index < -0.39 is 10.0 Å². The second kappa shape index (κ2) is 7.65. The van der Waals surface area contributed by atoms with Crippen LogP contribution in [-0.4, -0.2) is 43.7 Å². The van der Waals surface area contributed by atoms with Crippen LogP contribution in [-0.2, 0) is 17.1 Å². The molecule has 1 aromatic heterocycles. The molecule has 132 valence electrons. The maximum atomic E-state index is 12.8. The zero-order valence-electron chi connectivity index (χ0n) is 14.3. The van der Waals surface area contributed by atoms with E-state index in [2.05, 4.69) is 9.82 Å². The van der Waals surface area contributed by atoms with Gasteiger partial charge in [-0.25, -0.2) is 13.1 Å². The second-order valence-corrected chi connectivity index (χ2v) is 8.15. The van der Waals surface area contributed by atoms with Crippen LogP contribution < -0.4 is 4.72 Å². The summed E-state index contributed by atoms with van der Waals surface area (Å²) in [5.74, 6) is 0. The van der Waals surface area contributed by atoms with Crippen LogP contribution in [0.4, 0.5) is 0 Å². The topological polar surface area (TPSA) is 67.2 Å². The maximum Gasteiger partial charge on any atom is 0.244 e. The zero-order valence-corrected chi connectivity index (χ0v) is 15.9. The monoisotopic (exact) mass is 370 g/mol. The summed E-state index contributed by atoms with van der Waals surface area (Å²) in [7, 11) is 1.97. The van der Waals surface area contributed by atoms with Gasteiger partial charge in [0.2, 0.25) is 10.0 Å². The van der Waals surface area contributed by atoms with E-state index in [1.165, 1.54) is 6.20 Å². The molecular formula is C16H23ClN4O2S. The molecule has 2 rings (SSSR count). The Hall–Kier alpha value is -1.41. The summed E-state index contributed by atoms with van der Waals surface area (Å²) in [6, 6.07) is 6.89. The minimum Gasteiger partial charge on any atom is -0.309 e. The molecule has 0 aliphatic carbocycles. The van der Waals surface area contributed by atoms with Crippen LogP contribution in [0, 0.1) is 6.92 Å². The van der Waals surface area contributed by atoms with E-state index in [1.807, 2.05) is 31.1 Å². The summed E-state index contributed by atoms with van der Waals surface area (Å²) in [5, 5.41) is 4.64. The van der Waals surface area contributed by atoms with E-state index in [0.29, 0.717) is 17.1 Å². The molecule has 0 saturated heterocycles. The van der Waals surface area contributed by atoms with Crippen molar-refractivity contribution >= 4 is 21.6 Å². The Bertz CT molecular complexity index is 785. The van der Waals surface area contributed by atoms with E-state index in [0.717, 1.165) is 12.1 Å². The first kappa shape index (κ1) is 18.9. The third kappa shape index (κ3) is 4.57. The predicted octanol–water partition coefficient (Wildman–Crippen LogP) is 2.35. The highest BCUT2D eigenvalue weighted by Gasteiger charge is 2.25. The quantitative estimate of drug-likeness (QED) is 0.812. The molecule has 6 nitrogen and oxygen atoms in total. The molecule has 1 N–H and O–H groups in total. The van der Waals surface area contributed by atoms with Crippen molar-refractivity contribution < 1.29 is 8.42 Å². The van der Waals surface area contributed by atoms with E-state index in [1.54, 1.807) is 30.8 Å². The van der Waals surface area contributed by atoms with Gasteiger partial charge in [0.05, 0.1) is 11.9 Å². The van der Waals surface area contributed by atoms with Crippen molar-refractivity contribution in [1.82, 2.24) is 19.4 Å². The Morgan fingerprint density at radius 2 is 1.92 bits per heavy atom. The SMILES string of the molecule is Cc1c(S(=O)(=O)NC(CCN(C)C)c2ccc(Cl)cc2)cnn1C. The van der Waals surface area contributed by atoms with Crippen molar-refractivity contribution in [1.29, 1.82) is 0 Å². The van der Waals surface area contributed by atoms with Crippen LogP contribution in [0.25, 0.3) is 0 Å². The van der Waals surface area contributed by atoms with Gasteiger partial charge >= 0.3 is 0 Å². The van der Waals surface area contributed by atoms with Crippen LogP contribution in [0.1, 0.15) is 23.7 Å². The molecule has 0 fully saturated rings. The summed E-state index contributed by atoms with van der Waals surface area (Å²) >= 11 is 5.94. The maximum absolute atomic E-state index is 12.8. The van der Waals surface area contributed by atoms with Gasteiger partial charge in [-0.15, -0.1) is 0 Å². The molecule has 0 amide bonds. The molecule has 0 spiro atoms. The lowest BCUT2D eigenvalue weighted by Gasteiger charge is -2.21. The first-order valence-corrected chi connectivity index (χ1v) is 9.48. The van der Waals surface area contributed by atoms with Crippen molar-refractivity contribution in [2.45, 2.75) is 24.3 Å². The minimum absolute atomic E-state index is 0.203. The fourth-order valence-corrected chi connectivity index (χ4v) is 3.96. The Morgan fingerprint density at radius 3 is 2.42 bits per heavy atom. The first-order chi connectivity index (χ1) is 11.2. The average molecular weight is 371 g/mol. The average Bonchev–Trinajstić information content (AvgIpc) is 2.85. The number of nitrogens with one attached hydrogen (secondary N) is 1. The lowest BCUT2D eigenvalue weighted by atomic mass is 10.0. The fourth-order valence-electron chi connectivity index (χ4n) is 2.37. The lowest BCUT2D eigenvalue weighted by molar-refractivity contribution is 0.375. The summed E-state index contributed by atoms with van der Waals surface area (Å²) in [4.78, 5) is 2.22. The van der Waals surface area contributed by atoms with Crippen LogP contribution in [0.5, 0.6) is 0 Å². The standard InChI is InChI=1S/C16H23ClN4O2S/c1-12-16(11-18-21(12)4)24(22,23)19-15(9-10-20(2)3)13-5-7-14(17)8-6-13/h5-8,11,15,19H,9-10H2,1-4H3. The van der Waals surface area contributed by atoms with Crippen LogP contribution >= 0.6 is 11.6 Å². The fraction of sp³-hybridized carbons (Fsp3) is 0.438. The van der Waals surface area contributed by atoms with Gasteiger partial charge in [0.1, 0.15) is 4.90 Å². The molecular weight excluding hydrogens is 348 g/mol. The van der Waals surface area contributed by atoms with Crippen molar-refractivity contribution in [2.75, 3.05) is 20.6 Å². The molecule has 1 atom stereocenters. The number of aryl methyl sites for hydroxylation is 1. The molecule has 1 unspecified atom stereocenters. The van der Waals surface area contributed by atoms with Gasteiger partial charge in [-0.1, -0.05) is 23.7 Å². The molecule has 1 aromatic carbocycles. The summed E-state index contributed by atoms with van der Waals surface area (Å²) in [5.41, 5.74) is 1.48. The third-order valence-corrected chi connectivity index (χ3v) is 5.74. The van der Waals surface area contributed by atoms with Crippen LogP contribution in [0.2, 0.25) is 5.02 Å². The first-order valence-electron chi connectivity index (χ1n) is 7.62. The number of hydrogen-bond acceptors (Lipinski definition) is 4. The number of halogens is 1. The van der Waals surface area contributed by atoms with Crippen molar-refractivity contribution in [2.24, 2.45) is 7.05 Å². The molecule has 2 aromatic rings. The van der Waals surface area contributed by atoms with Gasteiger partial charge in [0.25, 0.3) is 0 Å². The molecule has 0 aliphatic rings. The van der Waals surface area contributed by atoms with Crippen molar-refractivity contribution in [3.8, 4) is 0 Å². The Morgan fingerprint density at radius 1 is 1.29 bits per heavy atom. The van der Waals surface area contributed by atoms with Gasteiger partial charge in [-0.2, -0.15) is 5.10 Å². The number of sulfonamides is 1. The van der Waals surface area contributed by atoms with Gasteiger partial charge < -0.3 is 4.90 Å². The molecule has 0 radical (unpaired) electrons. The Kier molecular flexibility index (Phi) is 6.03. The molecule has 0 bridgehead atoms. The highest BCUT2D eigenvalue weighted by Crippen LogP contribution is 2.23. The summed E-state index contributed by atoms with van der Waals surface area (Å²) in [6.07, 6.45) is 2.02. The van der Waals surface area contributed by atoms with Crippen LogP contribution in [0.15, 0.2) is 35.4 Å². The largest absolute Gasteiger partial charge is 0.309 e. The minimum atomic E-state index is -3.66. The molecule has 24 heavy (non-hydrogen) atoms. The van der Waals surface area contributed by atoms with Crippen molar-refractivity contribution in [3.05, 3.63) is 46.7 Å². The second-order valence-electron chi connectivity index (χ2n) is 6.04. The number of benzene rings is 1. The lowest BCUT2D eigenvalue weighted by Crippen LogP contribution is -2.31. The van der Waals surface area contributed by atoms with Gasteiger partial charge in [-0.3, -0.25) is 4.68 Å². The molecule has 1 heterocycles. The highest BCUT2D eigenvalue weighted by molar-refractivity contribution is 7.89. The van der Waals surface area contributed by atoms with Crippen molar-refractivity contribution in [3.63, 3.8) is 0 Å². The van der Waals surface area contributed by atoms with E-state index in [9.17, 15) is 8.42 Å². The van der Waals surface area contributed by atoms with Crippen LogP contribution in [0.3, 0.4) is 0 Å². The number of hydrogen-bond donors (Lipinski definition) is 1. The van der Waals surface area contributed by atoms with E-state index >= 15 is 0 Å². The highest BCUT2D eigenvalue weighted by atomic mass is 35.5. The smallest absolute Gasteiger partial charge is 0.244 e. The van der Waals surface area contributed by atoms with E-state index in [-0.39, 0.29) is 10.9 Å². The van der Waals surface area contributed by atoms with Gasteiger partial charge in [0, 0.05) is 18.1 Å². The number of nitrogens with zero attached hydrogens (tertiary/aromatic N) is 3. The van der Waals surface area contributed by atoms with Gasteiger partial charge in [0.15, 0.2) is 0 Å². The summed E-state index contributed by atoms with van der Waals surface area (Å²) < 4.78 is 29.9. The van der Waals surface area contributed by atoms with Gasteiger partial charge in [-0.05, 0) is 51.7 Å². The molecule has 8 heteroatoms. The predicted molar refractivity (Wildman–Crippen MR) is 95.6 cm³/mol. The Balaban J connectivity index is 2.30. The molecule has 0 aliphatic heterocycles. The molecule has 0 saturated carbocycles. The summed E-state index contributed by atoms with van der Waals surface area (Å²) in [6.45, 7) is 2.49.